The monoisotopic (exact) mass is 366 g/mol. The van der Waals surface area contributed by atoms with E-state index in [0.29, 0.717) is 24.3 Å². The lowest BCUT2D eigenvalue weighted by Crippen LogP contribution is -2.43. The van der Waals surface area contributed by atoms with Gasteiger partial charge in [0.1, 0.15) is 6.04 Å². The van der Waals surface area contributed by atoms with Gasteiger partial charge in [0.25, 0.3) is 11.8 Å². The minimum atomic E-state index is -0.778. The van der Waals surface area contributed by atoms with Crippen LogP contribution in [0.4, 0.5) is 0 Å². The summed E-state index contributed by atoms with van der Waals surface area (Å²) in [5, 5.41) is 5.34. The predicted octanol–water partition coefficient (Wildman–Crippen LogP) is 1.92. The first-order chi connectivity index (χ1) is 12.0. The molecule has 0 unspecified atom stereocenters. The van der Waals surface area contributed by atoms with Crippen molar-refractivity contribution in [3.8, 4) is 0 Å². The summed E-state index contributed by atoms with van der Waals surface area (Å²) >= 11 is 1.57. The van der Waals surface area contributed by atoms with E-state index in [1.54, 1.807) is 30.0 Å². The summed E-state index contributed by atoms with van der Waals surface area (Å²) in [5.41, 5.74) is 1.45. The van der Waals surface area contributed by atoms with E-state index in [-0.39, 0.29) is 18.4 Å². The molecule has 25 heavy (non-hydrogen) atoms. The Bertz CT molecular complexity index is 592. The van der Waals surface area contributed by atoms with Gasteiger partial charge in [-0.15, -0.1) is 0 Å². The van der Waals surface area contributed by atoms with Gasteiger partial charge in [-0.05, 0) is 43.9 Å². The van der Waals surface area contributed by atoms with Crippen LogP contribution >= 0.6 is 11.8 Å². The Balaban J connectivity index is 2.64. The van der Waals surface area contributed by atoms with E-state index in [1.807, 2.05) is 26.2 Å². The van der Waals surface area contributed by atoms with Crippen molar-refractivity contribution in [2.24, 2.45) is 0 Å². The Morgan fingerprint density at radius 3 is 2.68 bits per heavy atom. The molecule has 1 aromatic carbocycles. The van der Waals surface area contributed by atoms with Gasteiger partial charge in [-0.25, -0.2) is 4.79 Å². The summed E-state index contributed by atoms with van der Waals surface area (Å²) < 4.78 is 5.05. The van der Waals surface area contributed by atoms with E-state index in [0.717, 1.165) is 12.0 Å². The Morgan fingerprint density at radius 2 is 2.04 bits per heavy atom. The minimum Gasteiger partial charge on any atom is -0.454 e. The highest BCUT2D eigenvalue weighted by atomic mass is 32.2. The lowest BCUT2D eigenvalue weighted by atomic mass is 10.1. The van der Waals surface area contributed by atoms with Crippen molar-refractivity contribution in [2.45, 2.75) is 32.7 Å². The van der Waals surface area contributed by atoms with Crippen molar-refractivity contribution in [2.75, 3.05) is 25.2 Å². The second-order valence-electron chi connectivity index (χ2n) is 5.63. The summed E-state index contributed by atoms with van der Waals surface area (Å²) in [5.74, 6) is -0.580. The quantitative estimate of drug-likeness (QED) is 0.618. The normalized spacial score (nSPS) is 11.5. The Morgan fingerprint density at radius 1 is 1.28 bits per heavy atom. The van der Waals surface area contributed by atoms with Crippen LogP contribution in [0.2, 0.25) is 0 Å². The molecule has 0 aliphatic heterocycles. The van der Waals surface area contributed by atoms with E-state index in [2.05, 4.69) is 10.6 Å². The largest absolute Gasteiger partial charge is 0.454 e. The van der Waals surface area contributed by atoms with E-state index in [9.17, 15) is 14.4 Å². The van der Waals surface area contributed by atoms with Gasteiger partial charge in [-0.3, -0.25) is 9.59 Å². The number of nitrogens with one attached hydrogen (secondary N) is 2. The van der Waals surface area contributed by atoms with E-state index in [1.165, 1.54) is 0 Å². The van der Waals surface area contributed by atoms with Crippen molar-refractivity contribution >= 4 is 29.5 Å². The number of hydrogen-bond donors (Lipinski definition) is 2. The maximum atomic E-state index is 12.3. The third-order valence-corrected chi connectivity index (χ3v) is 4.04. The van der Waals surface area contributed by atoms with Crippen LogP contribution in [0.5, 0.6) is 0 Å². The molecule has 1 atom stereocenters. The number of amides is 2. The first-order valence-electron chi connectivity index (χ1n) is 8.27. The molecule has 1 rings (SSSR count). The molecule has 0 fully saturated rings. The average Bonchev–Trinajstić information content (AvgIpc) is 2.61. The molecule has 0 saturated heterocycles. The molecule has 0 spiro atoms. The molecule has 2 N–H and O–H groups in total. The molecule has 1 aromatic rings. The van der Waals surface area contributed by atoms with Gasteiger partial charge in [0.15, 0.2) is 6.61 Å². The van der Waals surface area contributed by atoms with Crippen molar-refractivity contribution in [1.82, 2.24) is 10.6 Å². The highest BCUT2D eigenvalue weighted by Crippen LogP contribution is 2.07. The van der Waals surface area contributed by atoms with Gasteiger partial charge in [-0.1, -0.05) is 24.6 Å². The van der Waals surface area contributed by atoms with E-state index < -0.39 is 12.0 Å². The third-order valence-electron chi connectivity index (χ3n) is 3.40. The zero-order valence-corrected chi connectivity index (χ0v) is 15.8. The number of thioether (sulfide) groups is 1. The van der Waals surface area contributed by atoms with Gasteiger partial charge in [-0.2, -0.15) is 11.8 Å². The van der Waals surface area contributed by atoms with Crippen LogP contribution < -0.4 is 10.6 Å². The molecule has 138 valence electrons. The molecule has 6 nitrogen and oxygen atoms in total. The number of benzene rings is 1. The summed E-state index contributed by atoms with van der Waals surface area (Å²) in [6.07, 6.45) is 3.17. The van der Waals surface area contributed by atoms with Crippen LogP contribution in [0.15, 0.2) is 24.3 Å². The summed E-state index contributed by atoms with van der Waals surface area (Å²) in [4.78, 5) is 36.1. The summed E-state index contributed by atoms with van der Waals surface area (Å²) in [7, 11) is 0. The zero-order valence-electron chi connectivity index (χ0n) is 15.0. The van der Waals surface area contributed by atoms with Crippen molar-refractivity contribution < 1.29 is 19.1 Å². The molecule has 0 bridgehead atoms. The molecule has 0 aromatic heterocycles. The average molecular weight is 366 g/mol. The Hall–Kier alpha value is -2.02. The zero-order chi connectivity index (χ0) is 18.7. The van der Waals surface area contributed by atoms with Gasteiger partial charge in [0.05, 0.1) is 0 Å². The second-order valence-corrected chi connectivity index (χ2v) is 6.62. The predicted molar refractivity (Wildman–Crippen MR) is 99.7 cm³/mol. The molecule has 0 aliphatic rings. The third kappa shape index (κ3) is 8.07. The lowest BCUT2D eigenvalue weighted by molar-refractivity contribution is -0.150. The van der Waals surface area contributed by atoms with Crippen LogP contribution in [0.25, 0.3) is 0 Å². The van der Waals surface area contributed by atoms with Crippen LogP contribution in [0.3, 0.4) is 0 Å². The SMILES string of the molecule is CCCNC(=O)COC(=O)[C@@H](CCSC)NC(=O)c1cccc(C)c1. The van der Waals surface area contributed by atoms with Gasteiger partial charge < -0.3 is 15.4 Å². The van der Waals surface area contributed by atoms with Crippen molar-refractivity contribution in [3.63, 3.8) is 0 Å². The lowest BCUT2D eigenvalue weighted by Gasteiger charge is -2.17. The highest BCUT2D eigenvalue weighted by molar-refractivity contribution is 7.98. The number of aryl methyl sites for hydroxylation is 1. The van der Waals surface area contributed by atoms with Crippen LogP contribution in [0, 0.1) is 6.92 Å². The number of carbonyl (C=O) groups excluding carboxylic acids is 3. The minimum absolute atomic E-state index is 0.331. The molecule has 2 amide bonds. The molecule has 0 heterocycles. The topological polar surface area (TPSA) is 84.5 Å². The Kier molecular flexibility index (Phi) is 9.69. The molecule has 0 radical (unpaired) electrons. The number of esters is 1. The highest BCUT2D eigenvalue weighted by Gasteiger charge is 2.23. The smallest absolute Gasteiger partial charge is 0.329 e. The molecule has 0 aliphatic carbocycles. The standard InChI is InChI=1S/C18H26N2O4S/c1-4-9-19-16(21)12-24-18(23)15(8-10-25-3)20-17(22)14-7-5-6-13(2)11-14/h5-7,11,15H,4,8-10,12H2,1-3H3,(H,19,21)(H,20,22)/t15-/m1/s1. The van der Waals surface area contributed by atoms with E-state index >= 15 is 0 Å². The van der Waals surface area contributed by atoms with Crippen LogP contribution in [0.1, 0.15) is 35.7 Å². The fourth-order valence-electron chi connectivity index (χ4n) is 2.07. The summed E-state index contributed by atoms with van der Waals surface area (Å²) in [6.45, 7) is 4.03. The number of ether oxygens (including phenoxy) is 1. The van der Waals surface area contributed by atoms with Crippen molar-refractivity contribution in [3.05, 3.63) is 35.4 Å². The van der Waals surface area contributed by atoms with Gasteiger partial charge in [0.2, 0.25) is 0 Å². The fourth-order valence-corrected chi connectivity index (χ4v) is 2.54. The first kappa shape index (κ1) is 21.0. The maximum absolute atomic E-state index is 12.3. The molecule has 7 heteroatoms. The molecular formula is C18H26N2O4S. The Labute approximate surface area is 153 Å². The first-order valence-corrected chi connectivity index (χ1v) is 9.67. The van der Waals surface area contributed by atoms with E-state index in [4.69, 9.17) is 4.74 Å². The summed E-state index contributed by atoms with van der Waals surface area (Å²) in [6, 6.07) is 6.35. The maximum Gasteiger partial charge on any atom is 0.329 e. The second kappa shape index (κ2) is 11.5. The number of carbonyl (C=O) groups is 3. The molecular weight excluding hydrogens is 340 g/mol. The number of hydrogen-bond acceptors (Lipinski definition) is 5. The van der Waals surface area contributed by atoms with Crippen LogP contribution in [-0.2, 0) is 14.3 Å². The van der Waals surface area contributed by atoms with Crippen LogP contribution in [-0.4, -0.2) is 49.0 Å². The van der Waals surface area contributed by atoms with Gasteiger partial charge >= 0.3 is 5.97 Å². The van der Waals surface area contributed by atoms with Gasteiger partial charge in [0, 0.05) is 12.1 Å². The van der Waals surface area contributed by atoms with Crippen molar-refractivity contribution in [1.29, 1.82) is 0 Å². The number of rotatable bonds is 10. The fraction of sp³-hybridized carbons (Fsp3) is 0.500. The molecule has 0 saturated carbocycles.